The van der Waals surface area contributed by atoms with E-state index in [1.807, 2.05) is 54.6 Å². The second kappa shape index (κ2) is 4.95. The van der Waals surface area contributed by atoms with Crippen molar-refractivity contribution in [3.8, 4) is 23.0 Å². The number of carbonyl (C=O) groups excluding carboxylic acids is 1. The van der Waals surface area contributed by atoms with Gasteiger partial charge >= 0.3 is 0 Å². The Labute approximate surface area is 94.7 Å². The zero-order chi connectivity index (χ0) is 11.2. The highest BCUT2D eigenvalue weighted by atomic mass is 16.1. The van der Waals surface area contributed by atoms with Crippen LogP contribution >= 0.6 is 0 Å². The molecule has 1 nitrogen and oxygen atoms in total. The number of benzene rings is 2. The predicted octanol–water partition coefficient (Wildman–Crippen LogP) is 2.90. The van der Waals surface area contributed by atoms with Gasteiger partial charge in [-0.05, 0) is 23.1 Å². The maximum absolute atomic E-state index is 10.3. The van der Waals surface area contributed by atoms with Crippen molar-refractivity contribution < 1.29 is 4.79 Å². The molecule has 0 amide bonds. The summed E-state index contributed by atoms with van der Waals surface area (Å²) in [5.41, 5.74) is 3.04. The standard InChI is InChI=1S/C15H10O/c16-12-6-10-14-9-4-5-11-15(14)13-7-2-1-3-8-13/h1-5,7-9,11-12H. The summed E-state index contributed by atoms with van der Waals surface area (Å²) >= 11 is 0. The molecule has 0 aliphatic carbocycles. The number of rotatable bonds is 1. The van der Waals surface area contributed by atoms with Crippen molar-refractivity contribution >= 4 is 6.29 Å². The van der Waals surface area contributed by atoms with Crippen molar-refractivity contribution in [2.45, 2.75) is 0 Å². The van der Waals surface area contributed by atoms with Gasteiger partial charge in [0.25, 0.3) is 0 Å². The lowest BCUT2D eigenvalue weighted by Gasteiger charge is -2.03. The fourth-order valence-corrected chi connectivity index (χ4v) is 1.57. The minimum absolute atomic E-state index is 0.613. The van der Waals surface area contributed by atoms with Gasteiger partial charge in [0.05, 0.1) is 0 Å². The van der Waals surface area contributed by atoms with Crippen molar-refractivity contribution in [3.63, 3.8) is 0 Å². The predicted molar refractivity (Wildman–Crippen MR) is 64.8 cm³/mol. The Kier molecular flexibility index (Phi) is 3.15. The molecular formula is C15H10O. The van der Waals surface area contributed by atoms with E-state index in [0.29, 0.717) is 6.29 Å². The fraction of sp³-hybridized carbons (Fsp3) is 0. The Bertz CT molecular complexity index is 544. The Morgan fingerprint density at radius 2 is 1.56 bits per heavy atom. The fourth-order valence-electron chi connectivity index (χ4n) is 1.57. The maximum Gasteiger partial charge on any atom is 0.193 e. The van der Waals surface area contributed by atoms with Gasteiger partial charge in [-0.1, -0.05) is 54.5 Å². The van der Waals surface area contributed by atoms with Gasteiger partial charge in [0.1, 0.15) is 0 Å². The quantitative estimate of drug-likeness (QED) is 0.518. The number of hydrogen-bond donors (Lipinski definition) is 0. The molecule has 0 aromatic heterocycles. The normalized spacial score (nSPS) is 9.00. The van der Waals surface area contributed by atoms with Crippen molar-refractivity contribution in [1.29, 1.82) is 0 Å². The Balaban J connectivity index is 2.53. The molecular weight excluding hydrogens is 196 g/mol. The lowest BCUT2D eigenvalue weighted by Crippen LogP contribution is -1.83. The highest BCUT2D eigenvalue weighted by molar-refractivity contribution is 5.77. The Hall–Kier alpha value is -2.33. The molecule has 0 aliphatic heterocycles. The zero-order valence-electron chi connectivity index (χ0n) is 8.68. The molecule has 0 aliphatic rings. The first-order chi connectivity index (χ1) is 7.92. The molecule has 76 valence electrons. The molecule has 0 heterocycles. The van der Waals surface area contributed by atoms with E-state index in [0.717, 1.165) is 16.7 Å². The summed E-state index contributed by atoms with van der Waals surface area (Å²) in [5, 5.41) is 0. The summed E-state index contributed by atoms with van der Waals surface area (Å²) in [6.45, 7) is 0. The molecule has 0 saturated heterocycles. The molecule has 0 atom stereocenters. The van der Waals surface area contributed by atoms with Crippen LogP contribution in [0.1, 0.15) is 5.56 Å². The van der Waals surface area contributed by atoms with Crippen LogP contribution in [0.4, 0.5) is 0 Å². The van der Waals surface area contributed by atoms with E-state index in [-0.39, 0.29) is 0 Å². The van der Waals surface area contributed by atoms with Crippen LogP contribution in [0.3, 0.4) is 0 Å². The first-order valence-corrected chi connectivity index (χ1v) is 5.01. The molecule has 2 aromatic rings. The van der Waals surface area contributed by atoms with Gasteiger partial charge in [-0.2, -0.15) is 0 Å². The summed E-state index contributed by atoms with van der Waals surface area (Å²) in [4.78, 5) is 10.3. The van der Waals surface area contributed by atoms with Gasteiger partial charge in [0, 0.05) is 5.56 Å². The molecule has 0 radical (unpaired) electrons. The van der Waals surface area contributed by atoms with Crippen molar-refractivity contribution in [1.82, 2.24) is 0 Å². The summed E-state index contributed by atoms with van der Waals surface area (Å²) in [6.07, 6.45) is 0.613. The smallest absolute Gasteiger partial charge is 0.193 e. The average Bonchev–Trinajstić information content (AvgIpc) is 2.38. The molecule has 1 heteroatoms. The SMILES string of the molecule is O=CC#Cc1ccccc1-c1ccccc1. The number of hydrogen-bond acceptors (Lipinski definition) is 1. The summed E-state index contributed by atoms with van der Waals surface area (Å²) < 4.78 is 0. The van der Waals surface area contributed by atoms with Crippen molar-refractivity contribution in [2.75, 3.05) is 0 Å². The first kappa shape index (κ1) is 10.2. The van der Waals surface area contributed by atoms with E-state index in [1.54, 1.807) is 0 Å². The van der Waals surface area contributed by atoms with Gasteiger partial charge in [-0.15, -0.1) is 0 Å². The second-order valence-electron chi connectivity index (χ2n) is 3.30. The molecule has 0 N–H and O–H groups in total. The largest absolute Gasteiger partial charge is 0.289 e. The lowest BCUT2D eigenvalue weighted by molar-refractivity contribution is -0.103. The van der Waals surface area contributed by atoms with Crippen LogP contribution in [0, 0.1) is 11.8 Å². The van der Waals surface area contributed by atoms with Gasteiger partial charge < -0.3 is 0 Å². The lowest BCUT2D eigenvalue weighted by atomic mass is 10.0. The van der Waals surface area contributed by atoms with Gasteiger partial charge in [-0.3, -0.25) is 4.79 Å². The van der Waals surface area contributed by atoms with Gasteiger partial charge in [-0.25, -0.2) is 0 Å². The number of aldehydes is 1. The van der Waals surface area contributed by atoms with Crippen LogP contribution in [-0.4, -0.2) is 6.29 Å². The van der Waals surface area contributed by atoms with Crippen molar-refractivity contribution in [2.24, 2.45) is 0 Å². The van der Waals surface area contributed by atoms with E-state index in [4.69, 9.17) is 0 Å². The summed E-state index contributed by atoms with van der Waals surface area (Å²) in [6, 6.07) is 17.8. The molecule has 0 saturated carbocycles. The third kappa shape index (κ3) is 2.18. The minimum Gasteiger partial charge on any atom is -0.289 e. The number of carbonyl (C=O) groups is 1. The van der Waals surface area contributed by atoms with Crippen LogP contribution in [0.15, 0.2) is 54.6 Å². The van der Waals surface area contributed by atoms with Crippen LogP contribution < -0.4 is 0 Å². The topological polar surface area (TPSA) is 17.1 Å². The second-order valence-corrected chi connectivity index (χ2v) is 3.30. The summed E-state index contributed by atoms with van der Waals surface area (Å²) in [7, 11) is 0. The molecule has 0 bridgehead atoms. The molecule has 2 aromatic carbocycles. The zero-order valence-corrected chi connectivity index (χ0v) is 8.68. The van der Waals surface area contributed by atoms with Gasteiger partial charge in [0.2, 0.25) is 0 Å². The van der Waals surface area contributed by atoms with E-state index in [9.17, 15) is 4.79 Å². The highest BCUT2D eigenvalue weighted by Crippen LogP contribution is 2.22. The van der Waals surface area contributed by atoms with Gasteiger partial charge in [0.15, 0.2) is 6.29 Å². The van der Waals surface area contributed by atoms with Crippen LogP contribution in [0.5, 0.6) is 0 Å². The average molecular weight is 206 g/mol. The summed E-state index contributed by atoms with van der Waals surface area (Å²) in [5.74, 6) is 5.29. The maximum atomic E-state index is 10.3. The van der Waals surface area contributed by atoms with E-state index in [2.05, 4.69) is 11.8 Å². The van der Waals surface area contributed by atoms with Crippen LogP contribution in [-0.2, 0) is 4.79 Å². The monoisotopic (exact) mass is 206 g/mol. The van der Waals surface area contributed by atoms with E-state index in [1.165, 1.54) is 0 Å². The Morgan fingerprint density at radius 3 is 2.31 bits per heavy atom. The molecule has 0 fully saturated rings. The third-order valence-corrected chi connectivity index (χ3v) is 2.28. The molecule has 0 spiro atoms. The van der Waals surface area contributed by atoms with E-state index >= 15 is 0 Å². The molecule has 2 rings (SSSR count). The molecule has 0 unspecified atom stereocenters. The Morgan fingerprint density at radius 1 is 0.875 bits per heavy atom. The first-order valence-electron chi connectivity index (χ1n) is 5.01. The van der Waals surface area contributed by atoms with Crippen LogP contribution in [0.2, 0.25) is 0 Å². The van der Waals surface area contributed by atoms with E-state index < -0.39 is 0 Å². The van der Waals surface area contributed by atoms with Crippen LogP contribution in [0.25, 0.3) is 11.1 Å². The molecule has 16 heavy (non-hydrogen) atoms. The third-order valence-electron chi connectivity index (χ3n) is 2.28. The highest BCUT2D eigenvalue weighted by Gasteiger charge is 2.00. The minimum atomic E-state index is 0.613. The van der Waals surface area contributed by atoms with Crippen molar-refractivity contribution in [3.05, 3.63) is 60.2 Å².